The first-order chi connectivity index (χ1) is 7.61. The quantitative estimate of drug-likeness (QED) is 0.703. The molecule has 0 saturated heterocycles. The predicted octanol–water partition coefficient (Wildman–Crippen LogP) is 1.44. The van der Waals surface area contributed by atoms with Crippen LogP contribution in [-0.2, 0) is 6.42 Å². The number of aromatic carboxylic acids is 2. The van der Waals surface area contributed by atoms with Crippen molar-refractivity contribution in [1.82, 2.24) is 0 Å². The molecule has 5 nitrogen and oxygen atoms in total. The summed E-state index contributed by atoms with van der Waals surface area (Å²) in [5, 5.41) is 20.9. The van der Waals surface area contributed by atoms with E-state index in [1.807, 2.05) is 0 Å². The second-order valence-corrected chi connectivity index (χ2v) is 3.65. The van der Waals surface area contributed by atoms with Crippen molar-refractivity contribution in [2.24, 2.45) is 0 Å². The maximum atomic E-state index is 11.0. The van der Waals surface area contributed by atoms with Gasteiger partial charge in [-0.25, -0.2) is 9.59 Å². The number of benzene rings is 1. The lowest BCUT2D eigenvalue weighted by Crippen LogP contribution is -2.19. The third-order valence-corrected chi connectivity index (χ3v) is 2.68. The molecule has 1 heterocycles. The van der Waals surface area contributed by atoms with Crippen LogP contribution in [0.1, 0.15) is 32.7 Å². The lowest BCUT2D eigenvalue weighted by Gasteiger charge is -2.21. The topological polar surface area (TPSA) is 86.6 Å². The number of anilines is 1. The SMILES string of the molecule is O=C(O)c1ccc(C(=O)O)c2c1CCCN2. The zero-order chi connectivity index (χ0) is 11.7. The van der Waals surface area contributed by atoms with Crippen molar-refractivity contribution in [2.45, 2.75) is 12.8 Å². The number of hydrogen-bond acceptors (Lipinski definition) is 3. The van der Waals surface area contributed by atoms with Crippen LogP contribution >= 0.6 is 0 Å². The van der Waals surface area contributed by atoms with Crippen molar-refractivity contribution in [1.29, 1.82) is 0 Å². The molecule has 84 valence electrons. The van der Waals surface area contributed by atoms with Crippen LogP contribution in [0.15, 0.2) is 12.1 Å². The molecule has 0 spiro atoms. The van der Waals surface area contributed by atoms with Crippen LogP contribution in [0.25, 0.3) is 0 Å². The van der Waals surface area contributed by atoms with Crippen LogP contribution in [-0.4, -0.2) is 28.7 Å². The summed E-state index contributed by atoms with van der Waals surface area (Å²) in [6, 6.07) is 2.69. The Bertz CT molecular complexity index is 424. The van der Waals surface area contributed by atoms with Gasteiger partial charge in [0.1, 0.15) is 0 Å². The molecule has 16 heavy (non-hydrogen) atoms. The van der Waals surface area contributed by atoms with Gasteiger partial charge in [-0.3, -0.25) is 0 Å². The number of rotatable bonds is 2. The van der Waals surface area contributed by atoms with Gasteiger partial charge < -0.3 is 15.5 Å². The molecule has 0 bridgehead atoms. The Morgan fingerprint density at radius 3 is 2.38 bits per heavy atom. The molecule has 2 rings (SSSR count). The second-order valence-electron chi connectivity index (χ2n) is 3.65. The van der Waals surface area contributed by atoms with Gasteiger partial charge in [-0.05, 0) is 30.5 Å². The van der Waals surface area contributed by atoms with Crippen molar-refractivity contribution in [3.8, 4) is 0 Å². The van der Waals surface area contributed by atoms with Crippen LogP contribution < -0.4 is 5.32 Å². The van der Waals surface area contributed by atoms with Crippen LogP contribution in [0.5, 0.6) is 0 Å². The Balaban J connectivity index is 2.63. The normalized spacial score (nSPS) is 13.8. The predicted molar refractivity (Wildman–Crippen MR) is 57.2 cm³/mol. The average molecular weight is 221 g/mol. The van der Waals surface area contributed by atoms with Crippen LogP contribution in [0.4, 0.5) is 5.69 Å². The average Bonchev–Trinajstić information content (AvgIpc) is 2.27. The summed E-state index contributed by atoms with van der Waals surface area (Å²) in [6.45, 7) is 0.677. The summed E-state index contributed by atoms with van der Waals surface area (Å²) < 4.78 is 0. The Hall–Kier alpha value is -2.04. The van der Waals surface area contributed by atoms with Gasteiger partial charge in [0, 0.05) is 6.54 Å². The van der Waals surface area contributed by atoms with Crippen molar-refractivity contribution in [3.63, 3.8) is 0 Å². The summed E-state index contributed by atoms with van der Waals surface area (Å²) in [5.74, 6) is -2.06. The van der Waals surface area contributed by atoms with Gasteiger partial charge in [-0.1, -0.05) is 0 Å². The fourth-order valence-electron chi connectivity index (χ4n) is 1.97. The first-order valence-electron chi connectivity index (χ1n) is 4.97. The highest BCUT2D eigenvalue weighted by atomic mass is 16.4. The van der Waals surface area contributed by atoms with E-state index in [1.165, 1.54) is 12.1 Å². The molecule has 3 N–H and O–H groups in total. The fraction of sp³-hybridized carbons (Fsp3) is 0.273. The minimum Gasteiger partial charge on any atom is -0.478 e. The smallest absolute Gasteiger partial charge is 0.337 e. The molecule has 1 aromatic carbocycles. The van der Waals surface area contributed by atoms with E-state index in [-0.39, 0.29) is 11.1 Å². The highest BCUT2D eigenvalue weighted by Gasteiger charge is 2.22. The monoisotopic (exact) mass is 221 g/mol. The van der Waals surface area contributed by atoms with Crippen molar-refractivity contribution < 1.29 is 19.8 Å². The first kappa shape index (κ1) is 10.5. The highest BCUT2D eigenvalue weighted by Crippen LogP contribution is 2.29. The first-order valence-corrected chi connectivity index (χ1v) is 4.97. The molecule has 0 saturated carbocycles. The van der Waals surface area contributed by atoms with Gasteiger partial charge >= 0.3 is 11.9 Å². The van der Waals surface area contributed by atoms with Crippen LogP contribution in [0.2, 0.25) is 0 Å². The Morgan fingerprint density at radius 1 is 1.12 bits per heavy atom. The number of nitrogens with one attached hydrogen (secondary N) is 1. The van der Waals surface area contributed by atoms with Gasteiger partial charge in [-0.15, -0.1) is 0 Å². The van der Waals surface area contributed by atoms with E-state index in [4.69, 9.17) is 10.2 Å². The van der Waals surface area contributed by atoms with Crippen LogP contribution in [0.3, 0.4) is 0 Å². The second kappa shape index (κ2) is 3.84. The summed E-state index contributed by atoms with van der Waals surface area (Å²) in [7, 11) is 0. The van der Waals surface area contributed by atoms with Gasteiger partial charge in [0.2, 0.25) is 0 Å². The Kier molecular flexibility index (Phi) is 2.52. The molecule has 1 aromatic rings. The molecule has 0 radical (unpaired) electrons. The number of carbonyl (C=O) groups is 2. The molecule has 0 unspecified atom stereocenters. The summed E-state index contributed by atoms with van der Waals surface area (Å²) in [4.78, 5) is 21.9. The summed E-state index contributed by atoms with van der Waals surface area (Å²) >= 11 is 0. The van der Waals surface area contributed by atoms with Crippen molar-refractivity contribution in [3.05, 3.63) is 28.8 Å². The number of hydrogen-bond donors (Lipinski definition) is 3. The van der Waals surface area contributed by atoms with Crippen molar-refractivity contribution in [2.75, 3.05) is 11.9 Å². The fourth-order valence-corrected chi connectivity index (χ4v) is 1.97. The Labute approximate surface area is 91.7 Å². The molecular formula is C11H11NO4. The maximum Gasteiger partial charge on any atom is 0.337 e. The van der Waals surface area contributed by atoms with E-state index in [2.05, 4.69) is 5.32 Å². The van der Waals surface area contributed by atoms with Crippen molar-refractivity contribution >= 4 is 17.6 Å². The van der Waals surface area contributed by atoms with Gasteiger partial charge in [0.25, 0.3) is 0 Å². The zero-order valence-electron chi connectivity index (χ0n) is 8.49. The third kappa shape index (κ3) is 1.60. The van der Waals surface area contributed by atoms with Gasteiger partial charge in [0.15, 0.2) is 0 Å². The lowest BCUT2D eigenvalue weighted by molar-refractivity contribution is 0.0680. The Morgan fingerprint density at radius 2 is 1.75 bits per heavy atom. The zero-order valence-corrected chi connectivity index (χ0v) is 8.49. The molecule has 1 aliphatic heterocycles. The van der Waals surface area contributed by atoms with E-state index >= 15 is 0 Å². The molecular weight excluding hydrogens is 210 g/mol. The molecule has 0 aromatic heterocycles. The number of carboxylic acid groups (broad SMARTS) is 2. The molecule has 0 aliphatic carbocycles. The minimum atomic E-state index is -1.04. The van der Waals surface area contributed by atoms with E-state index < -0.39 is 11.9 Å². The third-order valence-electron chi connectivity index (χ3n) is 2.68. The highest BCUT2D eigenvalue weighted by molar-refractivity contribution is 5.99. The van der Waals surface area contributed by atoms with Crippen LogP contribution in [0, 0.1) is 0 Å². The van der Waals surface area contributed by atoms with E-state index in [0.717, 1.165) is 6.42 Å². The molecule has 0 atom stereocenters. The molecule has 0 fully saturated rings. The standard InChI is InChI=1S/C11H11NO4/c13-10(14)7-3-4-8(11(15)16)9-6(7)2-1-5-12-9/h3-4,12H,1-2,5H2,(H,13,14)(H,15,16). The summed E-state index contributed by atoms with van der Waals surface area (Å²) in [6.07, 6.45) is 1.42. The minimum absolute atomic E-state index is 0.139. The summed E-state index contributed by atoms with van der Waals surface area (Å²) in [5.41, 5.74) is 1.38. The van der Waals surface area contributed by atoms with E-state index in [0.29, 0.717) is 24.2 Å². The number of fused-ring (bicyclic) bond motifs is 1. The van der Waals surface area contributed by atoms with Gasteiger partial charge in [0.05, 0.1) is 16.8 Å². The largest absolute Gasteiger partial charge is 0.478 e. The van der Waals surface area contributed by atoms with E-state index in [1.54, 1.807) is 0 Å². The lowest BCUT2D eigenvalue weighted by atomic mass is 9.94. The molecule has 0 amide bonds. The van der Waals surface area contributed by atoms with E-state index in [9.17, 15) is 9.59 Å². The number of carboxylic acids is 2. The molecule has 1 aliphatic rings. The van der Waals surface area contributed by atoms with Gasteiger partial charge in [-0.2, -0.15) is 0 Å². The maximum absolute atomic E-state index is 11.0. The molecule has 5 heteroatoms.